The molecule has 5 nitrogen and oxygen atoms in total. The number of aromatic carboxylic acids is 1. The number of fused-ring (bicyclic) bond motifs is 1. The van der Waals surface area contributed by atoms with Crippen molar-refractivity contribution in [2.75, 3.05) is 0 Å². The molecule has 0 aliphatic rings. The molecule has 0 amide bonds. The van der Waals surface area contributed by atoms with Gasteiger partial charge < -0.3 is 5.11 Å². The van der Waals surface area contributed by atoms with Crippen molar-refractivity contribution in [1.82, 2.24) is 3.97 Å². The zero-order chi connectivity index (χ0) is 17.6. The monoisotopic (exact) mass is 407 g/mol. The van der Waals surface area contributed by atoms with Crippen LogP contribution in [0.2, 0.25) is 0 Å². The summed E-state index contributed by atoms with van der Waals surface area (Å²) >= 11 is 3.36. The Labute approximate surface area is 147 Å². The standard InChI is InChI=1S/C17H14BrNO4S/c1-10-3-5-12(6-4-10)24(22,23)19-11(2)9-14-15(18)8-7-13(16(14)19)17(20)21/h3-9H,1-2H3,(H,20,21). The van der Waals surface area contributed by atoms with Crippen LogP contribution in [0.1, 0.15) is 21.6 Å². The van der Waals surface area contributed by atoms with Gasteiger partial charge in [-0.15, -0.1) is 0 Å². The van der Waals surface area contributed by atoms with Crippen LogP contribution in [0.4, 0.5) is 0 Å². The van der Waals surface area contributed by atoms with E-state index in [2.05, 4.69) is 15.9 Å². The zero-order valence-electron chi connectivity index (χ0n) is 12.9. The number of benzene rings is 2. The quantitative estimate of drug-likeness (QED) is 0.712. The van der Waals surface area contributed by atoms with E-state index in [9.17, 15) is 18.3 Å². The molecule has 2 aromatic carbocycles. The average Bonchev–Trinajstić information content (AvgIpc) is 2.86. The predicted octanol–water partition coefficient (Wildman–Crippen LogP) is 3.96. The smallest absolute Gasteiger partial charge is 0.337 e. The number of hydrogen-bond acceptors (Lipinski definition) is 3. The minimum absolute atomic E-state index is 0.0583. The molecule has 0 bridgehead atoms. The molecule has 24 heavy (non-hydrogen) atoms. The highest BCUT2D eigenvalue weighted by atomic mass is 79.9. The van der Waals surface area contributed by atoms with Crippen molar-refractivity contribution in [2.45, 2.75) is 18.7 Å². The van der Waals surface area contributed by atoms with Gasteiger partial charge in [0.05, 0.1) is 16.0 Å². The normalized spacial score (nSPS) is 11.8. The maximum absolute atomic E-state index is 13.1. The van der Waals surface area contributed by atoms with Crippen LogP contribution in [0.15, 0.2) is 51.8 Å². The van der Waals surface area contributed by atoms with Gasteiger partial charge in [-0.05, 0) is 44.2 Å². The fourth-order valence-corrected chi connectivity index (χ4v) is 4.68. The zero-order valence-corrected chi connectivity index (χ0v) is 15.3. The highest BCUT2D eigenvalue weighted by molar-refractivity contribution is 9.10. The van der Waals surface area contributed by atoms with Gasteiger partial charge in [0, 0.05) is 15.6 Å². The topological polar surface area (TPSA) is 76.4 Å². The van der Waals surface area contributed by atoms with Gasteiger partial charge >= 0.3 is 5.97 Å². The second-order valence-corrected chi connectivity index (χ2v) is 8.17. The minimum Gasteiger partial charge on any atom is -0.478 e. The minimum atomic E-state index is -3.91. The maximum Gasteiger partial charge on any atom is 0.337 e. The Morgan fingerprint density at radius 2 is 1.71 bits per heavy atom. The lowest BCUT2D eigenvalue weighted by molar-refractivity contribution is 0.0699. The molecule has 124 valence electrons. The molecule has 0 saturated heterocycles. The van der Waals surface area contributed by atoms with E-state index < -0.39 is 16.0 Å². The van der Waals surface area contributed by atoms with Crippen LogP contribution in [0.5, 0.6) is 0 Å². The van der Waals surface area contributed by atoms with E-state index >= 15 is 0 Å². The number of carboxylic acid groups (broad SMARTS) is 1. The Balaban J connectivity index is 2.41. The van der Waals surface area contributed by atoms with Gasteiger partial charge in [0.1, 0.15) is 0 Å². The molecule has 0 aliphatic carbocycles. The van der Waals surface area contributed by atoms with Gasteiger partial charge in [0.25, 0.3) is 10.0 Å². The van der Waals surface area contributed by atoms with Crippen LogP contribution < -0.4 is 0 Å². The lowest BCUT2D eigenvalue weighted by Crippen LogP contribution is -2.16. The highest BCUT2D eigenvalue weighted by Gasteiger charge is 2.25. The van der Waals surface area contributed by atoms with Crippen molar-refractivity contribution < 1.29 is 18.3 Å². The van der Waals surface area contributed by atoms with E-state index in [0.29, 0.717) is 15.6 Å². The summed E-state index contributed by atoms with van der Waals surface area (Å²) < 4.78 is 27.9. The van der Waals surface area contributed by atoms with E-state index in [0.717, 1.165) is 9.54 Å². The van der Waals surface area contributed by atoms with Gasteiger partial charge in [-0.2, -0.15) is 0 Å². The Kier molecular flexibility index (Phi) is 4.01. The van der Waals surface area contributed by atoms with E-state index in [1.165, 1.54) is 18.2 Å². The van der Waals surface area contributed by atoms with Crippen molar-refractivity contribution >= 4 is 42.8 Å². The molecule has 0 fully saturated rings. The van der Waals surface area contributed by atoms with Gasteiger partial charge in [-0.25, -0.2) is 17.2 Å². The molecule has 0 spiro atoms. The third-order valence-electron chi connectivity index (χ3n) is 3.83. The first kappa shape index (κ1) is 16.7. The third kappa shape index (κ3) is 2.53. The van der Waals surface area contributed by atoms with Crippen molar-refractivity contribution in [3.8, 4) is 0 Å². The van der Waals surface area contributed by atoms with Gasteiger partial charge in [0.2, 0.25) is 0 Å². The number of aryl methyl sites for hydroxylation is 2. The van der Waals surface area contributed by atoms with E-state index in [1.54, 1.807) is 31.2 Å². The number of carboxylic acids is 1. The maximum atomic E-state index is 13.1. The molecule has 1 aromatic heterocycles. The van der Waals surface area contributed by atoms with Crippen LogP contribution in [0.25, 0.3) is 10.9 Å². The first-order chi connectivity index (χ1) is 11.2. The summed E-state index contributed by atoms with van der Waals surface area (Å²) in [6.45, 7) is 3.51. The number of aromatic nitrogens is 1. The third-order valence-corrected chi connectivity index (χ3v) is 6.34. The molecule has 3 aromatic rings. The number of halogens is 1. The largest absolute Gasteiger partial charge is 0.478 e. The first-order valence-corrected chi connectivity index (χ1v) is 9.33. The molecule has 0 radical (unpaired) electrons. The van der Waals surface area contributed by atoms with Crippen LogP contribution in [0.3, 0.4) is 0 Å². The first-order valence-electron chi connectivity index (χ1n) is 7.09. The van der Waals surface area contributed by atoms with Crippen molar-refractivity contribution in [2.24, 2.45) is 0 Å². The molecule has 1 heterocycles. The summed E-state index contributed by atoms with van der Waals surface area (Å²) in [6.07, 6.45) is 0. The van der Waals surface area contributed by atoms with E-state index in [4.69, 9.17) is 0 Å². The summed E-state index contributed by atoms with van der Waals surface area (Å²) in [5.74, 6) is -1.18. The molecular formula is C17H14BrNO4S. The Bertz CT molecular complexity index is 1070. The second-order valence-electron chi connectivity index (χ2n) is 5.53. The highest BCUT2D eigenvalue weighted by Crippen LogP contribution is 2.33. The van der Waals surface area contributed by atoms with Crippen LogP contribution in [0, 0.1) is 13.8 Å². The van der Waals surface area contributed by atoms with Crippen molar-refractivity contribution in [1.29, 1.82) is 0 Å². The van der Waals surface area contributed by atoms with E-state index in [-0.39, 0.29) is 16.0 Å². The number of hydrogen-bond donors (Lipinski definition) is 1. The molecule has 0 saturated carbocycles. The van der Waals surface area contributed by atoms with Crippen molar-refractivity contribution in [3.63, 3.8) is 0 Å². The fourth-order valence-electron chi connectivity index (χ4n) is 2.68. The van der Waals surface area contributed by atoms with E-state index in [1.807, 2.05) is 6.92 Å². The summed E-state index contributed by atoms with van der Waals surface area (Å²) in [5.41, 5.74) is 1.49. The lowest BCUT2D eigenvalue weighted by atomic mass is 10.1. The number of carbonyl (C=O) groups is 1. The molecule has 3 rings (SSSR count). The van der Waals surface area contributed by atoms with Crippen LogP contribution in [-0.2, 0) is 10.0 Å². The summed E-state index contributed by atoms with van der Waals surface area (Å²) in [4.78, 5) is 11.7. The average molecular weight is 408 g/mol. The molecule has 0 aliphatic heterocycles. The second kappa shape index (κ2) is 5.75. The van der Waals surface area contributed by atoms with Crippen LogP contribution in [-0.4, -0.2) is 23.5 Å². The fraction of sp³-hybridized carbons (Fsp3) is 0.118. The van der Waals surface area contributed by atoms with Crippen LogP contribution >= 0.6 is 15.9 Å². The van der Waals surface area contributed by atoms with Gasteiger partial charge in [0.15, 0.2) is 0 Å². The summed E-state index contributed by atoms with van der Waals surface area (Å²) in [5, 5.41) is 10.0. The molecule has 0 unspecified atom stereocenters. The SMILES string of the molecule is Cc1ccc(S(=O)(=O)n2c(C)cc3c(Br)ccc(C(=O)O)c32)cc1. The predicted molar refractivity (Wildman–Crippen MR) is 95.1 cm³/mol. The van der Waals surface area contributed by atoms with Gasteiger partial charge in [-0.3, -0.25) is 0 Å². The molecular weight excluding hydrogens is 394 g/mol. The van der Waals surface area contributed by atoms with Crippen molar-refractivity contribution in [3.05, 3.63) is 63.8 Å². The Morgan fingerprint density at radius 1 is 1.08 bits per heavy atom. The van der Waals surface area contributed by atoms with Gasteiger partial charge in [-0.1, -0.05) is 33.6 Å². The summed E-state index contributed by atoms with van der Waals surface area (Å²) in [7, 11) is -3.91. The lowest BCUT2D eigenvalue weighted by Gasteiger charge is -2.12. The Hall–Kier alpha value is -2.12. The number of rotatable bonds is 3. The molecule has 1 N–H and O–H groups in total. The Morgan fingerprint density at radius 3 is 2.29 bits per heavy atom. The molecule has 0 atom stereocenters. The number of nitrogens with zero attached hydrogens (tertiary/aromatic N) is 1. The summed E-state index contributed by atoms with van der Waals surface area (Å²) in [6, 6.07) is 11.1. The molecule has 7 heteroatoms.